The van der Waals surface area contributed by atoms with Crippen LogP contribution in [-0.4, -0.2) is 46.4 Å². The zero-order chi connectivity index (χ0) is 23.3. The van der Waals surface area contributed by atoms with Gasteiger partial charge in [-0.3, -0.25) is 0 Å². The number of carbonyl (C=O) groups is 1. The van der Waals surface area contributed by atoms with E-state index in [0.29, 0.717) is 29.1 Å². The summed E-state index contributed by atoms with van der Waals surface area (Å²) in [4.78, 5) is 41.1. The fourth-order valence-corrected chi connectivity index (χ4v) is 6.91. The summed E-state index contributed by atoms with van der Waals surface area (Å²) in [6.45, 7) is 0.809. The molecule has 4 aliphatic rings. The molecule has 1 aromatic carbocycles. The topological polar surface area (TPSA) is 105 Å². The van der Waals surface area contributed by atoms with Crippen LogP contribution >= 0.6 is 19.1 Å². The molecule has 0 aromatic heterocycles. The minimum absolute atomic E-state index is 0.0700. The second-order valence-corrected chi connectivity index (χ2v) is 12.9. The van der Waals surface area contributed by atoms with Gasteiger partial charge in [-0.25, -0.2) is 0 Å². The predicted molar refractivity (Wildman–Crippen MR) is 122 cm³/mol. The molecule has 174 valence electrons. The van der Waals surface area contributed by atoms with E-state index in [1.165, 1.54) is 12.7 Å². The van der Waals surface area contributed by atoms with Crippen LogP contribution in [0, 0.1) is 29.6 Å². The van der Waals surface area contributed by atoms with Crippen LogP contribution in [0.5, 0.6) is 5.75 Å². The molecule has 32 heavy (non-hydrogen) atoms. The summed E-state index contributed by atoms with van der Waals surface area (Å²) in [5.41, 5.74) is 2.10. The number of carbonyl (C=O) groups excluding carboxylic acids is 1. The summed E-state index contributed by atoms with van der Waals surface area (Å²) < 4.78 is 15.6. The first-order valence-electron chi connectivity index (χ1n) is 10.5. The Hall–Kier alpha value is -1.81. The van der Waals surface area contributed by atoms with Gasteiger partial charge < -0.3 is 0 Å². The van der Waals surface area contributed by atoms with Crippen molar-refractivity contribution in [2.24, 2.45) is 17.8 Å². The number of halogens is 1. The van der Waals surface area contributed by atoms with Crippen LogP contribution < -0.4 is 4.52 Å². The average Bonchev–Trinajstić information content (AvgIpc) is 2.66. The zero-order valence-electron chi connectivity index (χ0n) is 18.3. The van der Waals surface area contributed by atoms with Gasteiger partial charge in [0, 0.05) is 0 Å². The predicted octanol–water partition coefficient (Wildman–Crippen LogP) is 3.58. The van der Waals surface area contributed by atoms with E-state index < -0.39 is 13.5 Å². The van der Waals surface area contributed by atoms with Gasteiger partial charge in [-0.05, 0) is 0 Å². The fourth-order valence-electron chi connectivity index (χ4n) is 5.71. The summed E-state index contributed by atoms with van der Waals surface area (Å²) in [7, 11) is -2.55. The summed E-state index contributed by atoms with van der Waals surface area (Å²) >= 11 is 6.88. The van der Waals surface area contributed by atoms with E-state index in [1.54, 1.807) is 25.3 Å². The third-order valence-corrected chi connectivity index (χ3v) is 7.59. The molecule has 2 unspecified atom stereocenters. The van der Waals surface area contributed by atoms with Crippen molar-refractivity contribution in [2.45, 2.75) is 37.0 Å². The number of alkyl halides is 1. The van der Waals surface area contributed by atoms with Gasteiger partial charge in [0.1, 0.15) is 0 Å². The summed E-state index contributed by atoms with van der Waals surface area (Å²) in [6, 6.07) is 4.90. The number of rotatable bonds is 4. The van der Waals surface area contributed by atoms with Crippen molar-refractivity contribution in [1.82, 2.24) is 0 Å². The molecule has 0 amide bonds. The molecule has 0 spiro atoms. The molecule has 4 fully saturated rings. The minimum atomic E-state index is -5.37. The second kappa shape index (κ2) is 7.90. The van der Waals surface area contributed by atoms with Gasteiger partial charge in [0.2, 0.25) is 0 Å². The van der Waals surface area contributed by atoms with Crippen molar-refractivity contribution < 1.29 is 33.5 Å². The quantitative estimate of drug-likeness (QED) is 0.198. The van der Waals surface area contributed by atoms with Crippen molar-refractivity contribution in [3.8, 4) is 17.6 Å². The molecule has 0 heterocycles. The molecular weight excluding hydrogens is 455 g/mol. The third-order valence-electron chi connectivity index (χ3n) is 6.50. The maximum atomic E-state index is 11.4. The first kappa shape index (κ1) is 23.4. The molecule has 2 atom stereocenters. The molecule has 1 aromatic rings. The molecule has 0 saturated heterocycles. The Morgan fingerprint density at radius 1 is 1.12 bits per heavy atom. The number of ether oxygens (including phenoxy) is 2. The van der Waals surface area contributed by atoms with Crippen molar-refractivity contribution >= 4 is 30.8 Å². The van der Waals surface area contributed by atoms with Crippen LogP contribution in [-0.2, 0) is 14.3 Å². The van der Waals surface area contributed by atoms with Crippen LogP contribution in [0.2, 0.25) is 0 Å². The van der Waals surface area contributed by atoms with Crippen LogP contribution in [0.3, 0.4) is 0 Å². The zero-order valence-corrected chi connectivity index (χ0v) is 19.9. The Kier molecular flexibility index (Phi) is 5.76. The van der Waals surface area contributed by atoms with Crippen LogP contribution in [0.25, 0.3) is 5.76 Å². The second-order valence-electron chi connectivity index (χ2n) is 9.32. The number of benzene rings is 1. The van der Waals surface area contributed by atoms with Crippen molar-refractivity contribution in [1.29, 1.82) is 0 Å². The summed E-state index contributed by atoms with van der Waals surface area (Å²) in [5, 5.41) is 0. The van der Waals surface area contributed by atoms with Crippen LogP contribution in [0.15, 0.2) is 23.8 Å². The Balaban J connectivity index is 1.78. The molecule has 0 aliphatic heterocycles. The van der Waals surface area contributed by atoms with Gasteiger partial charge in [0.05, 0.1) is 0 Å². The molecule has 4 saturated carbocycles. The monoisotopic (exact) mass is 482 g/mol. The van der Waals surface area contributed by atoms with E-state index in [-0.39, 0.29) is 16.2 Å². The van der Waals surface area contributed by atoms with E-state index in [2.05, 4.69) is 16.6 Å². The van der Waals surface area contributed by atoms with Crippen LogP contribution in [0.1, 0.15) is 43.2 Å². The number of allylic oxidation sites excluding steroid dienone is 1. The molecule has 4 aliphatic carbocycles. The third kappa shape index (κ3) is 4.90. The molecular formula is C23H28ClO7P. The van der Waals surface area contributed by atoms with Crippen molar-refractivity contribution in [2.75, 3.05) is 20.9 Å². The SMILES string of the molecule is COC(=O)C#Cc1ccc(C(OC)=C2C3CC4CC2CC(Cl)(C4)C3)cc1OP(C)(O)(O)O. The van der Waals surface area contributed by atoms with E-state index in [1.807, 2.05) is 0 Å². The normalized spacial score (nSPS) is 29.4. The van der Waals surface area contributed by atoms with Crippen molar-refractivity contribution in [3.63, 3.8) is 0 Å². The van der Waals surface area contributed by atoms with Gasteiger partial charge in [-0.1, -0.05) is 0 Å². The first-order valence-corrected chi connectivity index (χ1v) is 13.4. The molecule has 9 heteroatoms. The first-order chi connectivity index (χ1) is 14.9. The van der Waals surface area contributed by atoms with Gasteiger partial charge >= 0.3 is 192 Å². The summed E-state index contributed by atoms with van der Waals surface area (Å²) in [5.74, 6) is 6.08. The number of hydrogen-bond acceptors (Lipinski definition) is 7. The van der Waals surface area contributed by atoms with Crippen molar-refractivity contribution in [3.05, 3.63) is 34.9 Å². The van der Waals surface area contributed by atoms with E-state index in [4.69, 9.17) is 20.9 Å². The number of esters is 1. The van der Waals surface area contributed by atoms with Gasteiger partial charge in [-0.15, -0.1) is 0 Å². The summed E-state index contributed by atoms with van der Waals surface area (Å²) in [6.07, 6.45) is 5.11. The molecule has 4 bridgehead atoms. The van der Waals surface area contributed by atoms with Gasteiger partial charge in [-0.2, -0.15) is 0 Å². The molecule has 3 N–H and O–H groups in total. The van der Waals surface area contributed by atoms with Crippen LogP contribution in [0.4, 0.5) is 0 Å². The molecule has 7 nitrogen and oxygen atoms in total. The standard InChI is InChI=1S/C23H28ClO7P/c1-29-20(25)7-6-15-4-5-16(10-19(15)31-32(3,26,27)28)22(30-2)21-17-8-14-9-18(21)13-23(24,11-14)12-17/h4-5,10,14,17-18,26-28H,8-9,11-13H2,1-3H3. The Morgan fingerprint density at radius 3 is 2.31 bits per heavy atom. The number of hydrogen-bond donors (Lipinski definition) is 3. The fraction of sp³-hybridized carbons (Fsp3) is 0.522. The van der Waals surface area contributed by atoms with E-state index in [9.17, 15) is 19.5 Å². The molecule has 0 radical (unpaired) electrons. The maximum absolute atomic E-state index is 11.4. The average molecular weight is 483 g/mol. The van der Waals surface area contributed by atoms with Gasteiger partial charge in [0.25, 0.3) is 0 Å². The van der Waals surface area contributed by atoms with E-state index >= 15 is 0 Å². The van der Waals surface area contributed by atoms with Gasteiger partial charge in [0.15, 0.2) is 0 Å². The molecule has 5 rings (SSSR count). The Morgan fingerprint density at radius 2 is 1.78 bits per heavy atom. The Labute approximate surface area is 192 Å². The Bertz CT molecular complexity index is 1020. The van der Waals surface area contributed by atoms with E-state index in [0.717, 1.165) is 38.8 Å². The number of methoxy groups -OCH3 is 2.